The molecule has 1 aromatic carbocycles. The minimum Gasteiger partial charge on any atom is -0.370 e. The molecule has 1 rings (SSSR count). The molecule has 0 bridgehead atoms. The topological polar surface area (TPSA) is 119 Å². The fourth-order valence-electron chi connectivity index (χ4n) is 2.09. The number of nitrogens with one attached hydrogen (secondary N) is 1. The lowest BCUT2D eigenvalue weighted by Crippen LogP contribution is -2.48. The molecule has 0 fully saturated rings. The molecule has 1 atom stereocenters. The van der Waals surface area contributed by atoms with E-state index < -0.39 is 11.9 Å². The van der Waals surface area contributed by atoms with Crippen molar-refractivity contribution in [3.63, 3.8) is 0 Å². The highest BCUT2D eigenvalue weighted by atomic mass is 16.2. The van der Waals surface area contributed by atoms with Crippen LogP contribution in [-0.2, 0) is 14.4 Å². The molecule has 0 radical (unpaired) electrons. The summed E-state index contributed by atoms with van der Waals surface area (Å²) in [5.74, 6) is -1.22. The number of primary amides is 1. The number of hydrogen-bond acceptors (Lipinski definition) is 4. The van der Waals surface area contributed by atoms with Gasteiger partial charge in [0.2, 0.25) is 17.7 Å². The highest BCUT2D eigenvalue weighted by molar-refractivity contribution is 5.97. The van der Waals surface area contributed by atoms with Crippen molar-refractivity contribution in [2.45, 2.75) is 33.2 Å². The molecule has 1 aromatic rings. The second-order valence-corrected chi connectivity index (χ2v) is 6.09. The van der Waals surface area contributed by atoms with E-state index in [9.17, 15) is 14.4 Å². The van der Waals surface area contributed by atoms with Gasteiger partial charge in [-0.25, -0.2) is 0 Å². The van der Waals surface area contributed by atoms with Crippen molar-refractivity contribution in [2.24, 2.45) is 17.4 Å². The molecule has 0 aliphatic rings. The van der Waals surface area contributed by atoms with Crippen LogP contribution in [0.2, 0.25) is 0 Å². The Balaban J connectivity index is 2.81. The van der Waals surface area contributed by atoms with E-state index in [1.807, 2.05) is 39.0 Å². The van der Waals surface area contributed by atoms with E-state index in [-0.39, 0.29) is 37.2 Å². The first-order valence-electron chi connectivity index (χ1n) is 7.91. The van der Waals surface area contributed by atoms with Gasteiger partial charge in [-0.05, 0) is 30.5 Å². The summed E-state index contributed by atoms with van der Waals surface area (Å²) in [7, 11) is 0. The number of nitrogens with zero attached hydrogens (tertiary/aromatic N) is 1. The van der Waals surface area contributed by atoms with Crippen LogP contribution in [0.15, 0.2) is 24.3 Å². The number of carbonyl (C=O) groups excluding carboxylic acids is 3. The number of carbonyl (C=O) groups is 3. The van der Waals surface area contributed by atoms with E-state index in [1.165, 1.54) is 4.90 Å². The molecular formula is C17H26N4O3. The van der Waals surface area contributed by atoms with Crippen LogP contribution in [0, 0.1) is 12.8 Å². The summed E-state index contributed by atoms with van der Waals surface area (Å²) in [5, 5.41) is 2.54. The summed E-state index contributed by atoms with van der Waals surface area (Å²) in [6.45, 7) is 5.54. The third-order valence-corrected chi connectivity index (χ3v) is 3.63. The highest BCUT2D eigenvalue weighted by Gasteiger charge is 2.21. The molecule has 7 heteroatoms. The average Bonchev–Trinajstić information content (AvgIpc) is 2.51. The minimum atomic E-state index is -0.671. The van der Waals surface area contributed by atoms with E-state index >= 15 is 0 Å². The maximum absolute atomic E-state index is 12.5. The Morgan fingerprint density at radius 2 is 1.92 bits per heavy atom. The normalized spacial score (nSPS) is 11.9. The molecule has 5 N–H and O–H groups in total. The van der Waals surface area contributed by atoms with Crippen molar-refractivity contribution in [1.29, 1.82) is 0 Å². The number of hydrogen-bond donors (Lipinski definition) is 3. The van der Waals surface area contributed by atoms with Gasteiger partial charge in [-0.2, -0.15) is 0 Å². The Hall–Kier alpha value is -2.41. The molecule has 0 heterocycles. The van der Waals surface area contributed by atoms with Crippen molar-refractivity contribution in [3.8, 4) is 0 Å². The van der Waals surface area contributed by atoms with Crippen molar-refractivity contribution >= 4 is 23.4 Å². The van der Waals surface area contributed by atoms with Crippen LogP contribution in [0.25, 0.3) is 0 Å². The van der Waals surface area contributed by atoms with Crippen LogP contribution in [0.1, 0.15) is 25.8 Å². The zero-order chi connectivity index (χ0) is 18.3. The lowest BCUT2D eigenvalue weighted by atomic mass is 10.1. The number of rotatable bonds is 8. The van der Waals surface area contributed by atoms with Crippen molar-refractivity contribution in [2.75, 3.05) is 18.0 Å². The fourth-order valence-corrected chi connectivity index (χ4v) is 2.09. The first-order chi connectivity index (χ1) is 11.2. The van der Waals surface area contributed by atoms with Gasteiger partial charge in [0, 0.05) is 18.7 Å². The number of nitrogens with two attached hydrogens (primary N) is 2. The van der Waals surface area contributed by atoms with Gasteiger partial charge >= 0.3 is 0 Å². The predicted molar refractivity (Wildman–Crippen MR) is 93.2 cm³/mol. The van der Waals surface area contributed by atoms with Crippen LogP contribution in [0.4, 0.5) is 5.69 Å². The van der Waals surface area contributed by atoms with E-state index in [2.05, 4.69) is 5.32 Å². The maximum Gasteiger partial charge on any atom is 0.246 e. The Bertz CT molecular complexity index is 601. The summed E-state index contributed by atoms with van der Waals surface area (Å²) in [4.78, 5) is 36.9. The van der Waals surface area contributed by atoms with Gasteiger partial charge in [-0.1, -0.05) is 26.0 Å². The SMILES string of the molecule is Cc1cccc(N(CCC(N)=O)C(=O)CNC(=O)[C@@H](N)C(C)C)c1. The molecule has 0 spiro atoms. The van der Waals surface area contributed by atoms with Gasteiger partial charge in [0.25, 0.3) is 0 Å². The highest BCUT2D eigenvalue weighted by Crippen LogP contribution is 2.16. The summed E-state index contributed by atoms with van der Waals surface area (Å²) in [5.41, 5.74) is 12.6. The summed E-state index contributed by atoms with van der Waals surface area (Å²) < 4.78 is 0. The quantitative estimate of drug-likeness (QED) is 0.633. The monoisotopic (exact) mass is 334 g/mol. The first kappa shape index (κ1) is 19.6. The second kappa shape index (κ2) is 9.02. The van der Waals surface area contributed by atoms with Gasteiger partial charge in [-0.15, -0.1) is 0 Å². The Morgan fingerprint density at radius 1 is 1.25 bits per heavy atom. The van der Waals surface area contributed by atoms with Crippen LogP contribution < -0.4 is 21.7 Å². The summed E-state index contributed by atoms with van der Waals surface area (Å²) in [6.07, 6.45) is 0.0408. The van der Waals surface area contributed by atoms with Crippen LogP contribution in [-0.4, -0.2) is 36.9 Å². The van der Waals surface area contributed by atoms with E-state index in [4.69, 9.17) is 11.5 Å². The van der Waals surface area contributed by atoms with Crippen LogP contribution in [0.3, 0.4) is 0 Å². The third kappa shape index (κ3) is 6.00. The van der Waals surface area contributed by atoms with Gasteiger partial charge in [-0.3, -0.25) is 14.4 Å². The number of benzene rings is 1. The van der Waals surface area contributed by atoms with Gasteiger partial charge in [0.15, 0.2) is 0 Å². The van der Waals surface area contributed by atoms with Gasteiger partial charge < -0.3 is 21.7 Å². The second-order valence-electron chi connectivity index (χ2n) is 6.09. The molecule has 0 saturated heterocycles. The standard InChI is InChI=1S/C17H26N4O3/c1-11(2)16(19)17(24)20-10-15(23)21(8-7-14(18)22)13-6-4-5-12(3)9-13/h4-6,9,11,16H,7-8,10,19H2,1-3H3,(H2,18,22)(H,20,24)/t16-/m0/s1. The molecule has 0 aliphatic carbocycles. The zero-order valence-corrected chi connectivity index (χ0v) is 14.4. The Labute approximate surface area is 142 Å². The Morgan fingerprint density at radius 3 is 2.46 bits per heavy atom. The first-order valence-corrected chi connectivity index (χ1v) is 7.91. The predicted octanol–water partition coefficient (Wildman–Crippen LogP) is 0.303. The van der Waals surface area contributed by atoms with Crippen molar-refractivity contribution < 1.29 is 14.4 Å². The van der Waals surface area contributed by atoms with Crippen molar-refractivity contribution in [3.05, 3.63) is 29.8 Å². The van der Waals surface area contributed by atoms with Crippen LogP contribution in [0.5, 0.6) is 0 Å². The molecule has 0 unspecified atom stereocenters. The van der Waals surface area contributed by atoms with Gasteiger partial charge in [0.05, 0.1) is 12.6 Å². The lowest BCUT2D eigenvalue weighted by Gasteiger charge is -2.23. The van der Waals surface area contributed by atoms with Gasteiger partial charge in [0.1, 0.15) is 0 Å². The molecule has 0 aromatic heterocycles. The fraction of sp³-hybridized carbons (Fsp3) is 0.471. The van der Waals surface area contributed by atoms with Crippen molar-refractivity contribution in [1.82, 2.24) is 5.32 Å². The van der Waals surface area contributed by atoms with E-state index in [0.717, 1.165) is 5.56 Å². The lowest BCUT2D eigenvalue weighted by molar-refractivity contribution is -0.126. The third-order valence-electron chi connectivity index (χ3n) is 3.63. The summed E-state index contributed by atoms with van der Waals surface area (Å²) >= 11 is 0. The molecule has 3 amide bonds. The molecule has 24 heavy (non-hydrogen) atoms. The molecular weight excluding hydrogens is 308 g/mol. The zero-order valence-electron chi connectivity index (χ0n) is 14.4. The van der Waals surface area contributed by atoms with E-state index in [0.29, 0.717) is 5.69 Å². The average molecular weight is 334 g/mol. The largest absolute Gasteiger partial charge is 0.370 e. The molecule has 0 saturated carbocycles. The summed E-state index contributed by atoms with van der Waals surface area (Å²) in [6, 6.07) is 6.66. The smallest absolute Gasteiger partial charge is 0.246 e. The number of aryl methyl sites for hydroxylation is 1. The molecule has 0 aliphatic heterocycles. The molecule has 7 nitrogen and oxygen atoms in total. The molecule has 132 valence electrons. The number of amides is 3. The number of anilines is 1. The Kier molecular flexibility index (Phi) is 7.38. The van der Waals surface area contributed by atoms with E-state index in [1.54, 1.807) is 6.07 Å². The van der Waals surface area contributed by atoms with Crippen LogP contribution >= 0.6 is 0 Å². The minimum absolute atomic E-state index is 0.0251. The maximum atomic E-state index is 12.5.